The molecule has 0 atom stereocenters. The lowest BCUT2D eigenvalue weighted by Crippen LogP contribution is -2.13. The van der Waals surface area contributed by atoms with E-state index in [-0.39, 0.29) is 16.6 Å². The van der Waals surface area contributed by atoms with Crippen molar-refractivity contribution in [3.63, 3.8) is 0 Å². The van der Waals surface area contributed by atoms with E-state index in [4.69, 9.17) is 9.56 Å². The molecule has 25 heavy (non-hydrogen) atoms. The first-order chi connectivity index (χ1) is 11.8. The van der Waals surface area contributed by atoms with Crippen LogP contribution in [0.3, 0.4) is 0 Å². The number of nitrogens with one attached hydrogen (secondary N) is 1. The molecule has 7 heteroatoms. The second-order valence-electron chi connectivity index (χ2n) is 5.53. The van der Waals surface area contributed by atoms with Crippen LogP contribution in [0.15, 0.2) is 70.2 Å². The molecule has 2 aromatic carbocycles. The Morgan fingerprint density at radius 3 is 2.28 bits per heavy atom. The minimum absolute atomic E-state index is 0.110. The molecular formula is C18H16N2O4S. The molecule has 1 amide bonds. The van der Waals surface area contributed by atoms with Gasteiger partial charge in [0.2, 0.25) is 10.0 Å². The average molecular weight is 356 g/mol. The first-order valence-electron chi connectivity index (χ1n) is 7.43. The summed E-state index contributed by atoms with van der Waals surface area (Å²) in [5, 5.41) is 7.91. The maximum atomic E-state index is 11.9. The number of rotatable bonds is 4. The number of hydrogen-bond acceptors (Lipinski definition) is 4. The monoisotopic (exact) mass is 356 g/mol. The average Bonchev–Trinajstić information content (AvgIpc) is 3.09. The van der Waals surface area contributed by atoms with Gasteiger partial charge in [0.15, 0.2) is 5.76 Å². The molecule has 0 fully saturated rings. The molecule has 3 aromatic rings. The fourth-order valence-corrected chi connectivity index (χ4v) is 3.26. The summed E-state index contributed by atoms with van der Waals surface area (Å²) in [5.74, 6) is -0.0932. The normalized spacial score (nSPS) is 11.3. The molecule has 128 valence electrons. The quantitative estimate of drug-likeness (QED) is 0.749. The predicted octanol–water partition coefficient (Wildman–Crippen LogP) is 3.15. The lowest BCUT2D eigenvalue weighted by atomic mass is 10.0. The Morgan fingerprint density at radius 1 is 1.04 bits per heavy atom. The lowest BCUT2D eigenvalue weighted by molar-refractivity contribution is 0.0996. The van der Waals surface area contributed by atoms with Crippen molar-refractivity contribution in [2.24, 2.45) is 5.14 Å². The van der Waals surface area contributed by atoms with Crippen molar-refractivity contribution in [3.8, 4) is 11.1 Å². The number of sulfonamides is 1. The summed E-state index contributed by atoms with van der Waals surface area (Å²) >= 11 is 0. The first-order valence-corrected chi connectivity index (χ1v) is 8.98. The standard InChI is InChI=1S/C18H16N2O4S/c1-12-11-14(6-9-17(12)25(19,22)23)13-4-7-15(8-5-13)20-18(21)16-3-2-10-24-16/h2-11H,1H3,(H,20,21)(H2,19,22,23). The van der Waals surface area contributed by atoms with Gasteiger partial charge in [-0.3, -0.25) is 4.79 Å². The highest BCUT2D eigenvalue weighted by molar-refractivity contribution is 7.89. The van der Waals surface area contributed by atoms with Crippen molar-refractivity contribution in [1.29, 1.82) is 0 Å². The summed E-state index contributed by atoms with van der Waals surface area (Å²) in [5.41, 5.74) is 2.95. The summed E-state index contributed by atoms with van der Waals surface area (Å²) in [6.45, 7) is 1.70. The lowest BCUT2D eigenvalue weighted by Gasteiger charge is -2.08. The maximum absolute atomic E-state index is 11.9. The Labute approximate surface area is 145 Å². The van der Waals surface area contributed by atoms with Crippen LogP contribution in [0, 0.1) is 6.92 Å². The van der Waals surface area contributed by atoms with Crippen LogP contribution in [-0.4, -0.2) is 14.3 Å². The van der Waals surface area contributed by atoms with Crippen LogP contribution < -0.4 is 10.5 Å². The van der Waals surface area contributed by atoms with Gasteiger partial charge in [0.05, 0.1) is 11.2 Å². The van der Waals surface area contributed by atoms with E-state index in [0.29, 0.717) is 11.3 Å². The number of anilines is 1. The molecule has 1 aromatic heterocycles. The third kappa shape index (κ3) is 3.78. The number of carbonyl (C=O) groups excluding carboxylic acids is 1. The van der Waals surface area contributed by atoms with Crippen molar-refractivity contribution in [2.45, 2.75) is 11.8 Å². The molecule has 0 aliphatic rings. The van der Waals surface area contributed by atoms with Gasteiger partial charge in [-0.1, -0.05) is 24.3 Å². The van der Waals surface area contributed by atoms with Gasteiger partial charge in [0.1, 0.15) is 0 Å². The third-order valence-electron chi connectivity index (χ3n) is 3.70. The van der Waals surface area contributed by atoms with E-state index in [2.05, 4.69) is 5.32 Å². The van der Waals surface area contributed by atoms with Crippen LogP contribution in [0.2, 0.25) is 0 Å². The molecule has 0 aliphatic heterocycles. The van der Waals surface area contributed by atoms with Gasteiger partial charge in [-0.2, -0.15) is 0 Å². The predicted molar refractivity (Wildman–Crippen MR) is 94.6 cm³/mol. The van der Waals surface area contributed by atoms with Crippen molar-refractivity contribution in [2.75, 3.05) is 5.32 Å². The number of furan rings is 1. The van der Waals surface area contributed by atoms with E-state index in [0.717, 1.165) is 11.1 Å². The molecule has 0 saturated heterocycles. The van der Waals surface area contributed by atoms with Crippen molar-refractivity contribution >= 4 is 21.6 Å². The number of aryl methyl sites for hydroxylation is 1. The molecular weight excluding hydrogens is 340 g/mol. The van der Waals surface area contributed by atoms with Crippen LogP contribution in [0.5, 0.6) is 0 Å². The van der Waals surface area contributed by atoms with E-state index in [1.165, 1.54) is 12.3 Å². The fourth-order valence-electron chi connectivity index (χ4n) is 2.49. The van der Waals surface area contributed by atoms with E-state index in [1.54, 1.807) is 43.3 Å². The Bertz CT molecular complexity index is 1010. The summed E-state index contributed by atoms with van der Waals surface area (Å²) in [6, 6.07) is 15.4. The van der Waals surface area contributed by atoms with Crippen LogP contribution in [0.4, 0.5) is 5.69 Å². The van der Waals surface area contributed by atoms with Gasteiger partial charge < -0.3 is 9.73 Å². The van der Waals surface area contributed by atoms with Gasteiger partial charge in [-0.25, -0.2) is 13.6 Å². The topological polar surface area (TPSA) is 102 Å². The van der Waals surface area contributed by atoms with Crippen LogP contribution >= 0.6 is 0 Å². The SMILES string of the molecule is Cc1cc(-c2ccc(NC(=O)c3ccco3)cc2)ccc1S(N)(=O)=O. The number of nitrogens with two attached hydrogens (primary N) is 1. The summed E-state index contributed by atoms with van der Waals surface area (Å²) in [6.07, 6.45) is 1.44. The van der Waals surface area contributed by atoms with E-state index >= 15 is 0 Å². The van der Waals surface area contributed by atoms with Crippen LogP contribution in [0.25, 0.3) is 11.1 Å². The third-order valence-corrected chi connectivity index (χ3v) is 4.77. The molecule has 3 N–H and O–H groups in total. The van der Waals surface area contributed by atoms with Crippen LogP contribution in [0.1, 0.15) is 16.1 Å². The molecule has 0 aliphatic carbocycles. The second-order valence-corrected chi connectivity index (χ2v) is 7.06. The molecule has 0 spiro atoms. The minimum Gasteiger partial charge on any atom is -0.459 e. The van der Waals surface area contributed by atoms with Gasteiger partial charge in [0, 0.05) is 5.69 Å². The summed E-state index contributed by atoms with van der Waals surface area (Å²) < 4.78 is 28.0. The fraction of sp³-hybridized carbons (Fsp3) is 0.0556. The number of amides is 1. The smallest absolute Gasteiger partial charge is 0.291 e. The van der Waals surface area contributed by atoms with Crippen molar-refractivity contribution < 1.29 is 17.6 Å². The molecule has 0 saturated carbocycles. The first kappa shape index (κ1) is 16.9. The Hall–Kier alpha value is -2.90. The van der Waals surface area contributed by atoms with Crippen molar-refractivity contribution in [1.82, 2.24) is 0 Å². The number of hydrogen-bond donors (Lipinski definition) is 2. The second kappa shape index (κ2) is 6.54. The Balaban J connectivity index is 1.81. The zero-order valence-electron chi connectivity index (χ0n) is 13.4. The summed E-state index contributed by atoms with van der Waals surface area (Å²) in [4.78, 5) is 12.0. The highest BCUT2D eigenvalue weighted by atomic mass is 32.2. The zero-order chi connectivity index (χ0) is 18.0. The van der Waals surface area contributed by atoms with Crippen molar-refractivity contribution in [3.05, 3.63) is 72.2 Å². The van der Waals surface area contributed by atoms with Gasteiger partial charge in [-0.15, -0.1) is 0 Å². The maximum Gasteiger partial charge on any atom is 0.291 e. The molecule has 0 bridgehead atoms. The number of carbonyl (C=O) groups is 1. The van der Waals surface area contributed by atoms with E-state index in [1.807, 2.05) is 12.1 Å². The summed E-state index contributed by atoms with van der Waals surface area (Å²) in [7, 11) is -3.73. The molecule has 6 nitrogen and oxygen atoms in total. The number of benzene rings is 2. The van der Waals surface area contributed by atoms with Gasteiger partial charge in [0.25, 0.3) is 5.91 Å². The van der Waals surface area contributed by atoms with Gasteiger partial charge >= 0.3 is 0 Å². The Kier molecular flexibility index (Phi) is 4.43. The van der Waals surface area contributed by atoms with E-state index in [9.17, 15) is 13.2 Å². The Morgan fingerprint density at radius 2 is 1.72 bits per heavy atom. The van der Waals surface area contributed by atoms with Crippen LogP contribution in [-0.2, 0) is 10.0 Å². The minimum atomic E-state index is -3.73. The highest BCUT2D eigenvalue weighted by Crippen LogP contribution is 2.25. The largest absolute Gasteiger partial charge is 0.459 e. The highest BCUT2D eigenvalue weighted by Gasteiger charge is 2.12. The van der Waals surface area contributed by atoms with E-state index < -0.39 is 10.0 Å². The molecule has 3 rings (SSSR count). The zero-order valence-corrected chi connectivity index (χ0v) is 14.2. The molecule has 1 heterocycles. The molecule has 0 unspecified atom stereocenters. The van der Waals surface area contributed by atoms with Gasteiger partial charge in [-0.05, 0) is 53.9 Å². The number of primary sulfonamides is 1. The molecule has 0 radical (unpaired) electrons.